The van der Waals surface area contributed by atoms with Crippen LogP contribution in [0, 0.1) is 0 Å². The number of nitrogens with one attached hydrogen (secondary N) is 2. The molecule has 2 rings (SSSR count). The Kier molecular flexibility index (Phi) is 2.81. The van der Waals surface area contributed by atoms with E-state index in [0.717, 1.165) is 0 Å². The van der Waals surface area contributed by atoms with E-state index in [0.29, 0.717) is 11.5 Å². The fourth-order valence-corrected chi connectivity index (χ4v) is 1.19. The van der Waals surface area contributed by atoms with E-state index >= 15 is 0 Å². The molecule has 0 radical (unpaired) electrons. The molecule has 0 bridgehead atoms. The van der Waals surface area contributed by atoms with Crippen LogP contribution in [-0.2, 0) is 7.05 Å². The number of rotatable bonds is 2. The van der Waals surface area contributed by atoms with Crippen LogP contribution in [0.2, 0.25) is 0 Å². The molecule has 6 nitrogen and oxygen atoms in total. The van der Waals surface area contributed by atoms with E-state index in [-0.39, 0.29) is 6.03 Å². The summed E-state index contributed by atoms with van der Waals surface area (Å²) in [6.07, 6.45) is 6.53. The van der Waals surface area contributed by atoms with Crippen LogP contribution in [-0.4, -0.2) is 20.6 Å². The van der Waals surface area contributed by atoms with Gasteiger partial charge in [-0.15, -0.1) is 0 Å². The van der Waals surface area contributed by atoms with Crippen molar-refractivity contribution in [2.24, 2.45) is 7.05 Å². The molecule has 16 heavy (non-hydrogen) atoms. The summed E-state index contributed by atoms with van der Waals surface area (Å²) < 4.78 is 1.75. The molecule has 0 aliphatic carbocycles. The molecule has 2 aromatic heterocycles. The molecule has 0 atom stereocenters. The largest absolute Gasteiger partial charge is 0.338 e. The van der Waals surface area contributed by atoms with Gasteiger partial charge < -0.3 is 9.88 Å². The molecule has 0 aliphatic rings. The van der Waals surface area contributed by atoms with Gasteiger partial charge in [0.25, 0.3) is 0 Å². The molecule has 2 aromatic rings. The first-order chi connectivity index (χ1) is 7.74. The van der Waals surface area contributed by atoms with Crippen molar-refractivity contribution in [2.45, 2.75) is 0 Å². The highest BCUT2D eigenvalue weighted by atomic mass is 16.2. The van der Waals surface area contributed by atoms with Gasteiger partial charge in [0, 0.05) is 19.4 Å². The maximum Gasteiger partial charge on any atom is 0.324 e. The first-order valence-electron chi connectivity index (χ1n) is 4.70. The van der Waals surface area contributed by atoms with Crippen molar-refractivity contribution in [3.8, 4) is 0 Å². The van der Waals surface area contributed by atoms with Crippen molar-refractivity contribution >= 4 is 17.5 Å². The van der Waals surface area contributed by atoms with Gasteiger partial charge in [-0.2, -0.15) is 0 Å². The van der Waals surface area contributed by atoms with Crippen molar-refractivity contribution < 1.29 is 4.79 Å². The number of hydrogen-bond donors (Lipinski definition) is 2. The molecule has 2 amide bonds. The number of nitrogens with zero attached hydrogens (tertiary/aromatic N) is 3. The van der Waals surface area contributed by atoms with E-state index in [2.05, 4.69) is 20.6 Å². The van der Waals surface area contributed by atoms with Crippen LogP contribution >= 0.6 is 0 Å². The summed E-state index contributed by atoms with van der Waals surface area (Å²) in [7, 11) is 1.83. The van der Waals surface area contributed by atoms with Crippen molar-refractivity contribution in [3.05, 3.63) is 37.1 Å². The minimum atomic E-state index is -0.341. The minimum Gasteiger partial charge on any atom is -0.338 e. The Morgan fingerprint density at radius 3 is 2.94 bits per heavy atom. The number of aromatic nitrogens is 3. The van der Waals surface area contributed by atoms with E-state index in [1.54, 1.807) is 41.6 Å². The number of aryl methyl sites for hydroxylation is 1. The van der Waals surface area contributed by atoms with Gasteiger partial charge in [-0.25, -0.2) is 9.78 Å². The van der Waals surface area contributed by atoms with Crippen molar-refractivity contribution in [2.75, 3.05) is 10.6 Å². The lowest BCUT2D eigenvalue weighted by atomic mass is 10.4. The van der Waals surface area contributed by atoms with E-state index in [1.807, 2.05) is 7.05 Å². The summed E-state index contributed by atoms with van der Waals surface area (Å²) >= 11 is 0. The second kappa shape index (κ2) is 4.43. The Balaban J connectivity index is 1.95. The van der Waals surface area contributed by atoms with Crippen LogP contribution in [0.5, 0.6) is 0 Å². The number of carbonyl (C=O) groups excluding carboxylic acids is 1. The molecular formula is C10H11N5O. The summed E-state index contributed by atoms with van der Waals surface area (Å²) in [5.74, 6) is 0.504. The highest BCUT2D eigenvalue weighted by Gasteiger charge is 2.03. The number of urea groups is 1. The zero-order valence-electron chi connectivity index (χ0n) is 8.71. The van der Waals surface area contributed by atoms with Gasteiger partial charge in [-0.1, -0.05) is 0 Å². The molecule has 6 heteroatoms. The maximum absolute atomic E-state index is 11.5. The van der Waals surface area contributed by atoms with Crippen LogP contribution in [0.15, 0.2) is 37.1 Å². The predicted octanol–water partition coefficient (Wildman–Crippen LogP) is 1.46. The van der Waals surface area contributed by atoms with Crippen LogP contribution in [0.3, 0.4) is 0 Å². The van der Waals surface area contributed by atoms with Gasteiger partial charge in [0.15, 0.2) is 5.82 Å². The third-order valence-electron chi connectivity index (χ3n) is 1.87. The third kappa shape index (κ3) is 2.57. The lowest BCUT2D eigenvalue weighted by molar-refractivity contribution is 0.262. The SMILES string of the molecule is Cn1cnc(NC(=O)Nc2cccnc2)c1. The van der Waals surface area contributed by atoms with E-state index < -0.39 is 0 Å². The Morgan fingerprint density at radius 2 is 2.31 bits per heavy atom. The van der Waals surface area contributed by atoms with E-state index in [9.17, 15) is 4.79 Å². The standard InChI is InChI=1S/C10H11N5O/c1-15-6-9(12-7-15)14-10(16)13-8-3-2-4-11-5-8/h2-7H,1H3,(H2,13,14,16). The van der Waals surface area contributed by atoms with Gasteiger partial charge >= 0.3 is 6.03 Å². The van der Waals surface area contributed by atoms with Crippen molar-refractivity contribution in [1.82, 2.24) is 14.5 Å². The van der Waals surface area contributed by atoms with E-state index in [4.69, 9.17) is 0 Å². The quantitative estimate of drug-likeness (QED) is 0.799. The molecule has 0 fully saturated rings. The highest BCUT2D eigenvalue weighted by molar-refractivity contribution is 5.98. The molecule has 0 saturated carbocycles. The summed E-state index contributed by atoms with van der Waals surface area (Å²) in [4.78, 5) is 19.4. The topological polar surface area (TPSA) is 71.8 Å². The molecular weight excluding hydrogens is 206 g/mol. The van der Waals surface area contributed by atoms with Crippen LogP contribution in [0.1, 0.15) is 0 Å². The van der Waals surface area contributed by atoms with Crippen molar-refractivity contribution in [1.29, 1.82) is 0 Å². The summed E-state index contributed by atoms with van der Waals surface area (Å²) in [5.41, 5.74) is 0.635. The fourth-order valence-electron chi connectivity index (χ4n) is 1.19. The Hall–Kier alpha value is -2.37. The van der Waals surface area contributed by atoms with Crippen LogP contribution in [0.4, 0.5) is 16.3 Å². The molecule has 82 valence electrons. The van der Waals surface area contributed by atoms with Crippen molar-refractivity contribution in [3.63, 3.8) is 0 Å². The number of hydrogen-bond acceptors (Lipinski definition) is 3. The molecule has 2 N–H and O–H groups in total. The minimum absolute atomic E-state index is 0.341. The number of pyridine rings is 1. The Labute approximate surface area is 92.3 Å². The number of anilines is 2. The van der Waals surface area contributed by atoms with E-state index in [1.165, 1.54) is 0 Å². The van der Waals surface area contributed by atoms with Gasteiger partial charge in [0.2, 0.25) is 0 Å². The highest BCUT2D eigenvalue weighted by Crippen LogP contribution is 2.05. The second-order valence-electron chi connectivity index (χ2n) is 3.25. The number of amides is 2. The number of carbonyl (C=O) groups is 1. The fraction of sp³-hybridized carbons (Fsp3) is 0.100. The maximum atomic E-state index is 11.5. The lowest BCUT2D eigenvalue weighted by Gasteiger charge is -2.04. The average molecular weight is 217 g/mol. The lowest BCUT2D eigenvalue weighted by Crippen LogP contribution is -2.19. The summed E-state index contributed by atoms with van der Waals surface area (Å²) in [6.45, 7) is 0. The molecule has 2 heterocycles. The van der Waals surface area contributed by atoms with Crippen LogP contribution in [0.25, 0.3) is 0 Å². The Morgan fingerprint density at radius 1 is 1.44 bits per heavy atom. The zero-order valence-corrected chi connectivity index (χ0v) is 8.71. The molecule has 0 saturated heterocycles. The second-order valence-corrected chi connectivity index (χ2v) is 3.25. The first-order valence-corrected chi connectivity index (χ1v) is 4.70. The molecule has 0 spiro atoms. The number of imidazole rings is 1. The first kappa shape index (κ1) is 10.2. The van der Waals surface area contributed by atoms with Gasteiger partial charge in [-0.3, -0.25) is 10.3 Å². The van der Waals surface area contributed by atoms with Crippen LogP contribution < -0.4 is 10.6 Å². The summed E-state index contributed by atoms with van der Waals surface area (Å²) in [6, 6.07) is 3.16. The Bertz CT molecular complexity index is 479. The third-order valence-corrected chi connectivity index (χ3v) is 1.87. The predicted molar refractivity (Wildman–Crippen MR) is 60.1 cm³/mol. The molecule has 0 aliphatic heterocycles. The monoisotopic (exact) mass is 217 g/mol. The van der Waals surface area contributed by atoms with Gasteiger partial charge in [-0.05, 0) is 12.1 Å². The summed E-state index contributed by atoms with van der Waals surface area (Å²) in [5, 5.41) is 5.24. The average Bonchev–Trinajstić information content (AvgIpc) is 2.65. The smallest absolute Gasteiger partial charge is 0.324 e. The zero-order chi connectivity index (χ0) is 11.4. The normalized spacial score (nSPS) is 9.81. The molecule has 0 aromatic carbocycles. The van der Waals surface area contributed by atoms with Gasteiger partial charge in [0.05, 0.1) is 18.2 Å². The molecule has 0 unspecified atom stereocenters. The van der Waals surface area contributed by atoms with Gasteiger partial charge in [0.1, 0.15) is 0 Å².